The molecule has 2 aliphatic rings. The molecule has 1 saturated heterocycles. The van der Waals surface area contributed by atoms with Crippen LogP contribution in [0.3, 0.4) is 0 Å². The Kier molecular flexibility index (Phi) is 8.56. The van der Waals surface area contributed by atoms with Crippen LogP contribution >= 0.6 is 0 Å². The quantitative estimate of drug-likeness (QED) is 0.477. The lowest BCUT2D eigenvalue weighted by Crippen LogP contribution is -2.55. The highest BCUT2D eigenvalue weighted by molar-refractivity contribution is 5.49. The first-order chi connectivity index (χ1) is 16.9. The Morgan fingerprint density at radius 3 is 2.54 bits per heavy atom. The highest BCUT2D eigenvalue weighted by atomic mass is 19.4. The van der Waals surface area contributed by atoms with E-state index in [1.54, 1.807) is 12.1 Å². The first-order valence-electron chi connectivity index (χ1n) is 12.8. The second-order valence-corrected chi connectivity index (χ2v) is 9.62. The van der Waals surface area contributed by atoms with Gasteiger partial charge in [-0.05, 0) is 68.5 Å². The molecular weight excluding hydrogens is 449 g/mol. The third-order valence-corrected chi connectivity index (χ3v) is 6.90. The molecule has 0 radical (unpaired) electrons. The predicted molar refractivity (Wildman–Crippen MR) is 136 cm³/mol. The van der Waals surface area contributed by atoms with Crippen molar-refractivity contribution in [1.82, 2.24) is 10.3 Å². The van der Waals surface area contributed by atoms with Gasteiger partial charge in [-0.3, -0.25) is 0 Å². The van der Waals surface area contributed by atoms with Crippen LogP contribution in [0, 0.1) is 11.8 Å². The Morgan fingerprint density at radius 1 is 1.03 bits per heavy atom. The zero-order chi connectivity index (χ0) is 24.7. The Labute approximate surface area is 206 Å². The van der Waals surface area contributed by atoms with Crippen LogP contribution < -0.4 is 15.5 Å². The molecule has 1 aliphatic heterocycles. The number of anilines is 2. The van der Waals surface area contributed by atoms with E-state index in [2.05, 4.69) is 39.3 Å². The molecule has 1 aliphatic carbocycles. The van der Waals surface area contributed by atoms with Crippen molar-refractivity contribution in [2.45, 2.75) is 82.6 Å². The molecule has 0 bridgehead atoms. The maximum absolute atomic E-state index is 12.9. The summed E-state index contributed by atoms with van der Waals surface area (Å²) in [5.74, 6) is 7.28. The largest absolute Gasteiger partial charge is 0.416 e. The zero-order valence-electron chi connectivity index (χ0n) is 20.4. The Morgan fingerprint density at radius 2 is 1.80 bits per heavy atom. The van der Waals surface area contributed by atoms with E-state index in [-0.39, 0.29) is 6.04 Å². The van der Waals surface area contributed by atoms with Gasteiger partial charge in [0.05, 0.1) is 5.56 Å². The van der Waals surface area contributed by atoms with Crippen LogP contribution in [0.1, 0.15) is 69.4 Å². The fourth-order valence-corrected chi connectivity index (χ4v) is 5.08. The molecule has 2 N–H and O–H groups in total. The number of nitrogens with zero attached hydrogens (tertiary/aromatic N) is 2. The van der Waals surface area contributed by atoms with Crippen LogP contribution in [0.25, 0.3) is 0 Å². The molecule has 0 unspecified atom stereocenters. The predicted octanol–water partition coefficient (Wildman–Crippen LogP) is 6.23. The third kappa shape index (κ3) is 7.14. The fourth-order valence-electron chi connectivity index (χ4n) is 5.08. The monoisotopic (exact) mass is 484 g/mol. The van der Waals surface area contributed by atoms with Crippen LogP contribution in [0.5, 0.6) is 0 Å². The van der Waals surface area contributed by atoms with Gasteiger partial charge in [-0.25, -0.2) is 4.98 Å². The average molecular weight is 485 g/mol. The number of pyridine rings is 1. The van der Waals surface area contributed by atoms with Gasteiger partial charge in [-0.2, -0.15) is 13.2 Å². The minimum Gasteiger partial charge on any atom is -0.370 e. The van der Waals surface area contributed by atoms with Crippen molar-refractivity contribution in [3.8, 4) is 11.8 Å². The smallest absolute Gasteiger partial charge is 0.370 e. The van der Waals surface area contributed by atoms with E-state index in [0.717, 1.165) is 68.7 Å². The van der Waals surface area contributed by atoms with Gasteiger partial charge >= 0.3 is 6.18 Å². The first kappa shape index (κ1) is 25.4. The van der Waals surface area contributed by atoms with Crippen molar-refractivity contribution in [2.24, 2.45) is 0 Å². The van der Waals surface area contributed by atoms with E-state index in [4.69, 9.17) is 0 Å². The van der Waals surface area contributed by atoms with Gasteiger partial charge in [0, 0.05) is 55.1 Å². The van der Waals surface area contributed by atoms with E-state index in [9.17, 15) is 13.2 Å². The summed E-state index contributed by atoms with van der Waals surface area (Å²) in [5.41, 5.74) is 1.24. The highest BCUT2D eigenvalue weighted by Crippen LogP contribution is 2.31. The average Bonchev–Trinajstić information content (AvgIpc) is 2.85. The number of halogens is 3. The molecule has 1 aromatic carbocycles. The van der Waals surface area contributed by atoms with Crippen molar-refractivity contribution in [1.29, 1.82) is 0 Å². The number of aromatic nitrogens is 1. The maximum Gasteiger partial charge on any atom is 0.416 e. The summed E-state index contributed by atoms with van der Waals surface area (Å²) in [4.78, 5) is 6.73. The third-order valence-electron chi connectivity index (χ3n) is 6.90. The Bertz CT molecular complexity index is 1010. The van der Waals surface area contributed by atoms with Crippen LogP contribution in [0.2, 0.25) is 0 Å². The van der Waals surface area contributed by atoms with Crippen molar-refractivity contribution in [2.75, 3.05) is 23.3 Å². The van der Waals surface area contributed by atoms with Gasteiger partial charge in [0.1, 0.15) is 5.82 Å². The molecule has 1 aromatic heterocycles. The lowest BCUT2D eigenvalue weighted by Gasteiger charge is -2.40. The molecule has 35 heavy (non-hydrogen) atoms. The van der Waals surface area contributed by atoms with Crippen molar-refractivity contribution < 1.29 is 13.2 Å². The zero-order valence-corrected chi connectivity index (χ0v) is 20.4. The van der Waals surface area contributed by atoms with Gasteiger partial charge in [-0.1, -0.05) is 31.6 Å². The van der Waals surface area contributed by atoms with Gasteiger partial charge in [0.2, 0.25) is 0 Å². The number of benzene rings is 1. The molecule has 188 valence electrons. The molecule has 2 fully saturated rings. The van der Waals surface area contributed by atoms with Crippen LogP contribution in [-0.2, 0) is 6.18 Å². The minimum atomic E-state index is -4.30. The summed E-state index contributed by atoms with van der Waals surface area (Å²) in [7, 11) is 0. The number of piperidine rings is 1. The Hall–Kier alpha value is -2.72. The lowest BCUT2D eigenvalue weighted by molar-refractivity contribution is -0.137. The standard InChI is InChI=1S/C28H35F3N4/c1-2-3-4-8-21-16-17-32-27(19-21)34-26-11-6-5-10-25(26)33-23-9-7-18-35(20-23)24-14-12-22(13-15-24)28(29,30)31/h12-17,19,23,25-26,33H,2-3,5-7,9-11,18,20H2,1H3,(H,32,34)/t23-,25+,26+/m0/s1. The summed E-state index contributed by atoms with van der Waals surface area (Å²) in [6, 6.07) is 10.5. The van der Waals surface area contributed by atoms with Gasteiger partial charge in [0.25, 0.3) is 0 Å². The molecule has 0 spiro atoms. The normalized spacial score (nSPS) is 22.9. The van der Waals surface area contributed by atoms with Crippen molar-refractivity contribution in [3.63, 3.8) is 0 Å². The van der Waals surface area contributed by atoms with E-state index in [1.165, 1.54) is 25.0 Å². The van der Waals surface area contributed by atoms with E-state index in [0.29, 0.717) is 12.1 Å². The summed E-state index contributed by atoms with van der Waals surface area (Å²) < 4.78 is 38.8. The maximum atomic E-state index is 12.9. The van der Waals surface area contributed by atoms with Gasteiger partial charge < -0.3 is 15.5 Å². The second-order valence-electron chi connectivity index (χ2n) is 9.62. The van der Waals surface area contributed by atoms with Gasteiger partial charge in [-0.15, -0.1) is 0 Å². The van der Waals surface area contributed by atoms with Crippen LogP contribution in [0.15, 0.2) is 42.6 Å². The molecule has 2 heterocycles. The number of hydrogen-bond donors (Lipinski definition) is 2. The number of unbranched alkanes of at least 4 members (excludes halogenated alkanes) is 1. The fraction of sp³-hybridized carbons (Fsp3) is 0.536. The van der Waals surface area contributed by atoms with Crippen LogP contribution in [0.4, 0.5) is 24.7 Å². The number of alkyl halides is 3. The van der Waals surface area contributed by atoms with E-state index < -0.39 is 11.7 Å². The lowest BCUT2D eigenvalue weighted by atomic mass is 9.89. The molecule has 3 atom stereocenters. The number of rotatable bonds is 6. The molecular formula is C28H35F3N4. The summed E-state index contributed by atoms with van der Waals surface area (Å²) in [5, 5.41) is 7.53. The molecule has 0 amide bonds. The van der Waals surface area contributed by atoms with E-state index >= 15 is 0 Å². The molecule has 2 aromatic rings. The summed E-state index contributed by atoms with van der Waals surface area (Å²) >= 11 is 0. The van der Waals surface area contributed by atoms with Gasteiger partial charge in [0.15, 0.2) is 0 Å². The first-order valence-corrected chi connectivity index (χ1v) is 12.8. The van der Waals surface area contributed by atoms with Crippen LogP contribution in [-0.4, -0.2) is 36.2 Å². The SMILES string of the molecule is CCCC#Cc1ccnc(N[C@@H]2CCCC[C@H]2N[C@H]2CCCN(c3ccc(C(F)(F)F)cc3)C2)c1. The minimum absolute atomic E-state index is 0.288. The highest BCUT2D eigenvalue weighted by Gasteiger charge is 2.31. The summed E-state index contributed by atoms with van der Waals surface area (Å²) in [6.07, 6.45) is 6.11. The topological polar surface area (TPSA) is 40.2 Å². The van der Waals surface area contributed by atoms with Crippen molar-refractivity contribution >= 4 is 11.5 Å². The number of hydrogen-bond acceptors (Lipinski definition) is 4. The molecule has 1 saturated carbocycles. The molecule has 4 rings (SSSR count). The van der Waals surface area contributed by atoms with Crippen molar-refractivity contribution in [3.05, 3.63) is 53.7 Å². The number of nitrogens with one attached hydrogen (secondary N) is 2. The molecule has 4 nitrogen and oxygen atoms in total. The summed E-state index contributed by atoms with van der Waals surface area (Å²) in [6.45, 7) is 3.79. The molecule has 7 heteroatoms. The van der Waals surface area contributed by atoms with E-state index in [1.807, 2.05) is 18.3 Å². The Balaban J connectivity index is 1.37. The second kappa shape index (κ2) is 11.8.